The van der Waals surface area contributed by atoms with Crippen LogP contribution in [0.4, 0.5) is 0 Å². The van der Waals surface area contributed by atoms with Gasteiger partial charge in [-0.2, -0.15) is 11.3 Å². The van der Waals surface area contributed by atoms with E-state index < -0.39 is 0 Å². The van der Waals surface area contributed by atoms with Crippen LogP contribution in [0.15, 0.2) is 10.8 Å². The molecular formula is C28H50S. The largest absolute Gasteiger partial charge is 0.152 e. The normalized spacial score (nSPS) is 21.1. The van der Waals surface area contributed by atoms with Crippen molar-refractivity contribution in [2.24, 2.45) is 17.3 Å². The van der Waals surface area contributed by atoms with Crippen LogP contribution in [-0.4, -0.2) is 0 Å². The second kappa shape index (κ2) is 13.9. The first-order chi connectivity index (χ1) is 14.2. The molecule has 0 radical (unpaired) electrons. The second-order valence-electron chi connectivity index (χ2n) is 10.2. The molecule has 0 saturated carbocycles. The van der Waals surface area contributed by atoms with Crippen molar-refractivity contribution < 1.29 is 0 Å². The molecule has 0 saturated heterocycles. The lowest BCUT2D eigenvalue weighted by atomic mass is 9.66. The van der Waals surface area contributed by atoms with Crippen LogP contribution in [0.5, 0.6) is 0 Å². The van der Waals surface area contributed by atoms with Gasteiger partial charge in [0.2, 0.25) is 0 Å². The molecule has 2 rings (SSSR count). The Kier molecular flexibility index (Phi) is 12.0. The van der Waals surface area contributed by atoms with Gasteiger partial charge in [0, 0.05) is 0 Å². The van der Waals surface area contributed by atoms with E-state index in [1.54, 1.807) is 11.1 Å². The summed E-state index contributed by atoms with van der Waals surface area (Å²) in [6.07, 6.45) is 24.3. The van der Waals surface area contributed by atoms with Gasteiger partial charge in [0.1, 0.15) is 0 Å². The molecule has 29 heavy (non-hydrogen) atoms. The molecule has 0 amide bonds. The maximum absolute atomic E-state index is 2.47. The van der Waals surface area contributed by atoms with Gasteiger partial charge in [-0.15, -0.1) is 0 Å². The van der Waals surface area contributed by atoms with Crippen LogP contribution >= 0.6 is 11.3 Å². The van der Waals surface area contributed by atoms with Crippen molar-refractivity contribution in [2.45, 2.75) is 137 Å². The summed E-state index contributed by atoms with van der Waals surface area (Å²) >= 11 is 1.94. The minimum atomic E-state index is 0.611. The highest BCUT2D eigenvalue weighted by molar-refractivity contribution is 7.08. The van der Waals surface area contributed by atoms with E-state index in [-0.39, 0.29) is 0 Å². The van der Waals surface area contributed by atoms with Crippen molar-refractivity contribution in [1.29, 1.82) is 0 Å². The number of hydrogen-bond acceptors (Lipinski definition) is 1. The first kappa shape index (κ1) is 25.0. The predicted molar refractivity (Wildman–Crippen MR) is 133 cm³/mol. The molecule has 1 aliphatic carbocycles. The van der Waals surface area contributed by atoms with E-state index in [0.29, 0.717) is 5.41 Å². The van der Waals surface area contributed by atoms with E-state index in [9.17, 15) is 0 Å². The predicted octanol–water partition coefficient (Wildman–Crippen LogP) is 10.00. The van der Waals surface area contributed by atoms with E-state index in [1.807, 2.05) is 11.3 Å². The third kappa shape index (κ3) is 8.39. The molecule has 0 aliphatic heterocycles. The maximum atomic E-state index is 2.47. The molecule has 0 fully saturated rings. The SMILES string of the molecule is CCCCC(CC)CCCC1(CCCC(CC)CCCC)CCc2cscc2C1. The van der Waals surface area contributed by atoms with Crippen molar-refractivity contribution in [3.8, 4) is 0 Å². The first-order valence-corrected chi connectivity index (χ1v) is 14.1. The highest BCUT2D eigenvalue weighted by Crippen LogP contribution is 2.45. The molecular weight excluding hydrogens is 368 g/mol. The zero-order chi connectivity index (χ0) is 21.0. The number of aryl methyl sites for hydroxylation is 1. The van der Waals surface area contributed by atoms with Crippen LogP contribution in [0.3, 0.4) is 0 Å². The number of rotatable bonds is 16. The van der Waals surface area contributed by atoms with E-state index in [4.69, 9.17) is 0 Å². The number of thiophene rings is 1. The zero-order valence-electron chi connectivity index (χ0n) is 20.2. The Balaban J connectivity index is 1.90. The van der Waals surface area contributed by atoms with Gasteiger partial charge >= 0.3 is 0 Å². The van der Waals surface area contributed by atoms with E-state index in [1.165, 1.54) is 109 Å². The number of hydrogen-bond donors (Lipinski definition) is 0. The Morgan fingerprint density at radius 3 is 1.79 bits per heavy atom. The monoisotopic (exact) mass is 418 g/mol. The van der Waals surface area contributed by atoms with Gasteiger partial charge in [-0.05, 0) is 71.2 Å². The third-order valence-electron chi connectivity index (χ3n) is 8.05. The molecule has 1 aromatic rings. The Bertz CT molecular complexity index is 506. The van der Waals surface area contributed by atoms with Crippen LogP contribution in [0.25, 0.3) is 0 Å². The first-order valence-electron chi connectivity index (χ1n) is 13.2. The lowest BCUT2D eigenvalue weighted by Crippen LogP contribution is -2.29. The van der Waals surface area contributed by atoms with Gasteiger partial charge in [0.15, 0.2) is 0 Å². The van der Waals surface area contributed by atoms with Crippen molar-refractivity contribution in [1.82, 2.24) is 0 Å². The van der Waals surface area contributed by atoms with E-state index in [0.717, 1.165) is 11.8 Å². The third-order valence-corrected chi connectivity index (χ3v) is 8.89. The molecule has 0 aromatic carbocycles. The van der Waals surface area contributed by atoms with Crippen LogP contribution in [0, 0.1) is 17.3 Å². The van der Waals surface area contributed by atoms with Crippen LogP contribution in [0.1, 0.15) is 135 Å². The Hall–Kier alpha value is -0.300. The molecule has 1 heteroatoms. The highest BCUT2D eigenvalue weighted by atomic mass is 32.1. The maximum Gasteiger partial charge on any atom is -0.00582 e. The van der Waals surface area contributed by atoms with Gasteiger partial charge in [-0.1, -0.05) is 105 Å². The summed E-state index contributed by atoms with van der Waals surface area (Å²) < 4.78 is 0. The molecule has 2 unspecified atom stereocenters. The minimum absolute atomic E-state index is 0.611. The van der Waals surface area contributed by atoms with Crippen LogP contribution < -0.4 is 0 Å². The van der Waals surface area contributed by atoms with Gasteiger partial charge in [0.25, 0.3) is 0 Å². The smallest absolute Gasteiger partial charge is 0.00582 e. The molecule has 1 heterocycles. The summed E-state index contributed by atoms with van der Waals surface area (Å²) in [6.45, 7) is 9.50. The zero-order valence-corrected chi connectivity index (χ0v) is 21.1. The van der Waals surface area contributed by atoms with E-state index >= 15 is 0 Å². The average Bonchev–Trinajstić information content (AvgIpc) is 3.20. The summed E-state index contributed by atoms with van der Waals surface area (Å²) in [5.74, 6) is 1.96. The van der Waals surface area contributed by atoms with Crippen LogP contribution in [-0.2, 0) is 12.8 Å². The number of fused-ring (bicyclic) bond motifs is 1. The fraction of sp³-hybridized carbons (Fsp3) is 0.857. The molecule has 2 atom stereocenters. The quantitative estimate of drug-likeness (QED) is 0.250. The molecule has 1 aliphatic rings. The lowest BCUT2D eigenvalue weighted by Gasteiger charge is -2.38. The van der Waals surface area contributed by atoms with Crippen molar-refractivity contribution in [2.75, 3.05) is 0 Å². The summed E-state index contributed by atoms with van der Waals surface area (Å²) in [6, 6.07) is 0. The Morgan fingerprint density at radius 2 is 1.28 bits per heavy atom. The summed E-state index contributed by atoms with van der Waals surface area (Å²) in [5, 5.41) is 4.89. The molecule has 0 N–H and O–H groups in total. The average molecular weight is 419 g/mol. The van der Waals surface area contributed by atoms with Crippen molar-refractivity contribution in [3.63, 3.8) is 0 Å². The highest BCUT2D eigenvalue weighted by Gasteiger charge is 2.34. The Labute approximate surface area is 187 Å². The van der Waals surface area contributed by atoms with Crippen molar-refractivity contribution >= 4 is 11.3 Å². The second-order valence-corrected chi connectivity index (χ2v) is 11.0. The molecule has 0 nitrogen and oxygen atoms in total. The lowest BCUT2D eigenvalue weighted by molar-refractivity contribution is 0.180. The standard InChI is InChI=1S/C28H50S/c1-5-9-13-24(7-3)15-11-18-28(19-12-16-25(8-4)14-10-6-2)20-17-26-22-29-23-27(26)21-28/h22-25H,5-21H2,1-4H3. The minimum Gasteiger partial charge on any atom is -0.152 e. The molecule has 168 valence electrons. The number of unbranched alkanes of at least 4 members (excludes halogenated alkanes) is 2. The van der Waals surface area contributed by atoms with E-state index in [2.05, 4.69) is 38.5 Å². The van der Waals surface area contributed by atoms with Gasteiger partial charge in [0.05, 0.1) is 0 Å². The summed E-state index contributed by atoms with van der Waals surface area (Å²) in [4.78, 5) is 0. The van der Waals surface area contributed by atoms with Crippen molar-refractivity contribution in [3.05, 3.63) is 21.9 Å². The molecule has 0 spiro atoms. The van der Waals surface area contributed by atoms with Gasteiger partial charge < -0.3 is 0 Å². The summed E-state index contributed by atoms with van der Waals surface area (Å²) in [7, 11) is 0. The Morgan fingerprint density at radius 1 is 0.759 bits per heavy atom. The topological polar surface area (TPSA) is 0 Å². The van der Waals surface area contributed by atoms with Crippen LogP contribution in [0.2, 0.25) is 0 Å². The molecule has 0 bridgehead atoms. The fourth-order valence-electron chi connectivity index (χ4n) is 5.79. The summed E-state index contributed by atoms with van der Waals surface area (Å²) in [5.41, 5.74) is 3.99. The molecule has 1 aromatic heterocycles. The van der Waals surface area contributed by atoms with Gasteiger partial charge in [-0.25, -0.2) is 0 Å². The van der Waals surface area contributed by atoms with Gasteiger partial charge in [-0.3, -0.25) is 0 Å². The fourth-order valence-corrected chi connectivity index (χ4v) is 6.69.